The van der Waals surface area contributed by atoms with Gasteiger partial charge in [0.2, 0.25) is 0 Å². The molecule has 0 radical (unpaired) electrons. The van der Waals surface area contributed by atoms with Gasteiger partial charge >= 0.3 is 18.0 Å². The molecule has 0 atom stereocenters. The Morgan fingerprint density at radius 1 is 0.909 bits per heavy atom. The summed E-state index contributed by atoms with van der Waals surface area (Å²) in [5.74, 6) is 0.666. The molecule has 2 rings (SSSR count). The minimum absolute atomic E-state index is 0. The second-order valence-corrected chi connectivity index (χ2v) is 5.99. The standard InChI is InChI=1S/C14H25N4O3.ClH/c1-10(2)20-13-15-12(16-14(17-13)21-11(3)4)18(5)6-8-19-9-7-18;/h10-11H,6-9H2,1-5H3;1H/q+1;/p-1. The first-order valence-electron chi connectivity index (χ1n) is 7.41. The van der Waals surface area contributed by atoms with E-state index in [4.69, 9.17) is 14.2 Å². The molecule has 1 aromatic rings. The van der Waals surface area contributed by atoms with Gasteiger partial charge in [0.25, 0.3) is 0 Å². The van der Waals surface area contributed by atoms with Crippen molar-refractivity contribution in [1.29, 1.82) is 0 Å². The quantitative estimate of drug-likeness (QED) is 0.606. The van der Waals surface area contributed by atoms with E-state index in [-0.39, 0.29) is 24.6 Å². The predicted molar refractivity (Wildman–Crippen MR) is 79.6 cm³/mol. The highest BCUT2D eigenvalue weighted by atomic mass is 35.5. The smallest absolute Gasteiger partial charge is 0.338 e. The van der Waals surface area contributed by atoms with E-state index in [1.54, 1.807) is 0 Å². The lowest BCUT2D eigenvalue weighted by molar-refractivity contribution is -0.00000990. The van der Waals surface area contributed by atoms with Crippen molar-refractivity contribution in [2.45, 2.75) is 39.9 Å². The van der Waals surface area contributed by atoms with E-state index in [1.807, 2.05) is 27.7 Å². The minimum atomic E-state index is 0. The zero-order chi connectivity index (χ0) is 15.5. The van der Waals surface area contributed by atoms with Gasteiger partial charge in [0, 0.05) is 0 Å². The summed E-state index contributed by atoms with van der Waals surface area (Å²) in [6.07, 6.45) is 0.00397. The molecule has 0 aromatic carbocycles. The Morgan fingerprint density at radius 2 is 1.36 bits per heavy atom. The third kappa shape index (κ3) is 4.93. The molecule has 7 nitrogen and oxygen atoms in total. The minimum Gasteiger partial charge on any atom is -1.00 e. The fraction of sp³-hybridized carbons (Fsp3) is 0.786. The monoisotopic (exact) mass is 332 g/mol. The highest BCUT2D eigenvalue weighted by Crippen LogP contribution is 2.23. The summed E-state index contributed by atoms with van der Waals surface area (Å²) in [5, 5.41) is 0. The summed E-state index contributed by atoms with van der Waals surface area (Å²) in [7, 11) is 2.09. The summed E-state index contributed by atoms with van der Waals surface area (Å²) in [6.45, 7) is 10.8. The van der Waals surface area contributed by atoms with E-state index in [0.29, 0.717) is 35.7 Å². The number of likely N-dealkylation sites (N-methyl/N-ethyl adjacent to an activating group) is 1. The van der Waals surface area contributed by atoms with Crippen molar-refractivity contribution in [1.82, 2.24) is 19.4 Å². The lowest BCUT2D eigenvalue weighted by atomic mass is 10.4. The highest BCUT2D eigenvalue weighted by molar-refractivity contribution is 5.28. The van der Waals surface area contributed by atoms with Gasteiger partial charge in [-0.05, 0) is 27.7 Å². The van der Waals surface area contributed by atoms with E-state index < -0.39 is 0 Å². The number of nitrogens with zero attached hydrogens (tertiary/aromatic N) is 4. The fourth-order valence-corrected chi connectivity index (χ4v) is 2.04. The van der Waals surface area contributed by atoms with Gasteiger partial charge in [-0.15, -0.1) is 15.0 Å². The van der Waals surface area contributed by atoms with E-state index in [0.717, 1.165) is 13.1 Å². The van der Waals surface area contributed by atoms with Crippen LogP contribution in [0.3, 0.4) is 0 Å². The number of rotatable bonds is 5. The molecule has 0 unspecified atom stereocenters. The third-order valence-corrected chi connectivity index (χ3v) is 3.21. The van der Waals surface area contributed by atoms with Gasteiger partial charge in [-0.2, -0.15) is 0 Å². The first-order valence-corrected chi connectivity index (χ1v) is 7.41. The molecule has 1 aliphatic rings. The molecule has 0 saturated carbocycles. The first kappa shape index (κ1) is 18.9. The third-order valence-electron chi connectivity index (χ3n) is 3.21. The zero-order valence-corrected chi connectivity index (χ0v) is 14.6. The fourth-order valence-electron chi connectivity index (χ4n) is 2.04. The summed E-state index contributed by atoms with van der Waals surface area (Å²) < 4.78 is 17.3. The number of hydrogen-bond acceptors (Lipinski definition) is 6. The highest BCUT2D eigenvalue weighted by Gasteiger charge is 2.33. The van der Waals surface area contributed by atoms with Crippen molar-refractivity contribution in [3.8, 4) is 12.0 Å². The largest absolute Gasteiger partial charge is 1.00 e. The van der Waals surface area contributed by atoms with Gasteiger partial charge in [0.15, 0.2) is 0 Å². The number of halogens is 1. The average Bonchev–Trinajstić information content (AvgIpc) is 2.37. The SMILES string of the molecule is CC(C)Oc1nc(OC(C)C)nc([N+]2(C)CCOCC2)n1.[Cl-]. The Balaban J connectivity index is 0.00000242. The molecule has 0 spiro atoms. The molecule has 0 N–H and O–H groups in total. The number of quaternary nitrogens is 1. The molecular weight excluding hydrogens is 308 g/mol. The summed E-state index contributed by atoms with van der Waals surface area (Å²) in [4.78, 5) is 13.2. The maximum absolute atomic E-state index is 5.63. The van der Waals surface area contributed by atoms with Crippen LogP contribution in [0.15, 0.2) is 0 Å². The van der Waals surface area contributed by atoms with Crippen molar-refractivity contribution in [3.63, 3.8) is 0 Å². The number of ether oxygens (including phenoxy) is 3. The van der Waals surface area contributed by atoms with Crippen molar-refractivity contribution in [2.75, 3.05) is 33.4 Å². The maximum Gasteiger partial charge on any atom is 0.338 e. The maximum atomic E-state index is 5.63. The van der Waals surface area contributed by atoms with Crippen molar-refractivity contribution in [3.05, 3.63) is 0 Å². The summed E-state index contributed by atoms with van der Waals surface area (Å²) in [5.41, 5.74) is 0. The molecule has 2 heterocycles. The van der Waals surface area contributed by atoms with Crippen LogP contribution < -0.4 is 26.4 Å². The second-order valence-electron chi connectivity index (χ2n) is 5.99. The van der Waals surface area contributed by atoms with Crippen molar-refractivity contribution in [2.24, 2.45) is 0 Å². The van der Waals surface area contributed by atoms with Gasteiger partial charge in [-0.25, -0.2) is 0 Å². The topological polar surface area (TPSA) is 66.4 Å². The number of aromatic nitrogens is 3. The van der Waals surface area contributed by atoms with Crippen LogP contribution in [0.25, 0.3) is 0 Å². The van der Waals surface area contributed by atoms with Crippen LogP contribution in [0.4, 0.5) is 5.95 Å². The predicted octanol–water partition coefficient (Wildman–Crippen LogP) is -1.58. The molecule has 0 bridgehead atoms. The lowest BCUT2D eigenvalue weighted by Gasteiger charge is -2.34. The van der Waals surface area contributed by atoms with Crippen molar-refractivity contribution < 1.29 is 26.6 Å². The first-order chi connectivity index (χ1) is 9.89. The molecule has 126 valence electrons. The van der Waals surface area contributed by atoms with Gasteiger partial charge < -0.3 is 26.6 Å². The second kappa shape index (κ2) is 7.89. The van der Waals surface area contributed by atoms with Crippen LogP contribution in [0.2, 0.25) is 0 Å². The Kier molecular flexibility index (Phi) is 6.77. The van der Waals surface area contributed by atoms with Crippen LogP contribution in [0.5, 0.6) is 12.0 Å². The van der Waals surface area contributed by atoms with Crippen LogP contribution in [-0.4, -0.2) is 60.5 Å². The van der Waals surface area contributed by atoms with Crippen LogP contribution in [0.1, 0.15) is 27.7 Å². The Bertz CT molecular complexity index is 451. The molecule has 1 aliphatic heterocycles. The van der Waals surface area contributed by atoms with Gasteiger partial charge in [-0.1, -0.05) is 0 Å². The molecule has 1 aromatic heterocycles. The molecule has 0 amide bonds. The molecule has 1 fully saturated rings. The lowest BCUT2D eigenvalue weighted by Crippen LogP contribution is -3.00. The molecule has 8 heteroatoms. The Hall–Kier alpha value is -1.18. The van der Waals surface area contributed by atoms with Crippen LogP contribution in [0, 0.1) is 0 Å². The average molecular weight is 333 g/mol. The Labute approximate surface area is 138 Å². The zero-order valence-electron chi connectivity index (χ0n) is 13.9. The normalized spacial score (nSPS) is 17.2. The molecule has 1 saturated heterocycles. The summed E-state index contributed by atoms with van der Waals surface area (Å²) in [6, 6.07) is 0.632. The van der Waals surface area contributed by atoms with Gasteiger partial charge in [-0.3, -0.25) is 4.48 Å². The van der Waals surface area contributed by atoms with E-state index in [9.17, 15) is 0 Å². The van der Waals surface area contributed by atoms with E-state index >= 15 is 0 Å². The van der Waals surface area contributed by atoms with Crippen molar-refractivity contribution >= 4 is 5.95 Å². The van der Waals surface area contributed by atoms with Crippen LogP contribution >= 0.6 is 0 Å². The molecule has 0 aliphatic carbocycles. The van der Waals surface area contributed by atoms with E-state index in [1.165, 1.54) is 0 Å². The summed E-state index contributed by atoms with van der Waals surface area (Å²) >= 11 is 0. The van der Waals surface area contributed by atoms with Crippen LogP contribution in [-0.2, 0) is 4.74 Å². The number of morpholine rings is 1. The Morgan fingerprint density at radius 3 is 1.77 bits per heavy atom. The number of hydrogen-bond donors (Lipinski definition) is 0. The molecule has 22 heavy (non-hydrogen) atoms. The van der Waals surface area contributed by atoms with E-state index in [2.05, 4.69) is 22.0 Å². The molecular formula is C14H25ClN4O3. The van der Waals surface area contributed by atoms with Gasteiger partial charge in [0.05, 0.1) is 32.5 Å². The van der Waals surface area contributed by atoms with Gasteiger partial charge in [0.1, 0.15) is 13.1 Å².